The van der Waals surface area contributed by atoms with Crippen LogP contribution in [0.4, 0.5) is 0 Å². The van der Waals surface area contributed by atoms with Crippen LogP contribution in [-0.4, -0.2) is 6.61 Å². The van der Waals surface area contributed by atoms with Crippen LogP contribution in [0.25, 0.3) is 0 Å². The van der Waals surface area contributed by atoms with E-state index in [1.54, 1.807) is 0 Å². The molecule has 1 rings (SSSR count). The van der Waals surface area contributed by atoms with Crippen molar-refractivity contribution in [2.45, 2.75) is 39.7 Å². The van der Waals surface area contributed by atoms with Gasteiger partial charge in [-0.15, -0.1) is 6.58 Å². The van der Waals surface area contributed by atoms with Gasteiger partial charge in [-0.1, -0.05) is 50.3 Å². The van der Waals surface area contributed by atoms with E-state index < -0.39 is 0 Å². The van der Waals surface area contributed by atoms with E-state index in [0.29, 0.717) is 6.61 Å². The lowest BCUT2D eigenvalue weighted by molar-refractivity contribution is 0.0463. The van der Waals surface area contributed by atoms with Gasteiger partial charge in [-0.2, -0.15) is 0 Å². The number of unbranched alkanes of at least 4 members (excludes halogenated alkanes) is 1. The third kappa shape index (κ3) is 6.28. The van der Waals surface area contributed by atoms with Gasteiger partial charge >= 0.3 is 0 Å². The summed E-state index contributed by atoms with van der Waals surface area (Å²) in [6.45, 7) is 9.81. The zero-order valence-electron chi connectivity index (χ0n) is 11.1. The quantitative estimate of drug-likeness (QED) is 0.470. The van der Waals surface area contributed by atoms with Gasteiger partial charge in [0.15, 0.2) is 0 Å². The van der Waals surface area contributed by atoms with E-state index in [1.807, 2.05) is 24.3 Å². The highest BCUT2D eigenvalue weighted by Crippen LogP contribution is 2.24. The SMILES string of the molecule is C=CCCCC(C)(C)COCc1ccccc1. The van der Waals surface area contributed by atoms with Gasteiger partial charge in [0, 0.05) is 0 Å². The Morgan fingerprint density at radius 3 is 2.59 bits per heavy atom. The van der Waals surface area contributed by atoms with Gasteiger partial charge in [-0.25, -0.2) is 0 Å². The van der Waals surface area contributed by atoms with E-state index in [2.05, 4.69) is 32.6 Å². The Bertz CT molecular complexity index is 314. The summed E-state index contributed by atoms with van der Waals surface area (Å²) in [6, 6.07) is 10.3. The van der Waals surface area contributed by atoms with Crippen LogP contribution in [0.15, 0.2) is 43.0 Å². The van der Waals surface area contributed by atoms with E-state index >= 15 is 0 Å². The highest BCUT2D eigenvalue weighted by molar-refractivity contribution is 5.13. The summed E-state index contributed by atoms with van der Waals surface area (Å²) in [6.07, 6.45) is 5.47. The van der Waals surface area contributed by atoms with Crippen LogP contribution >= 0.6 is 0 Å². The summed E-state index contributed by atoms with van der Waals surface area (Å²) < 4.78 is 5.79. The highest BCUT2D eigenvalue weighted by atomic mass is 16.5. The molecular formula is C16H24O. The minimum atomic E-state index is 0.262. The van der Waals surface area contributed by atoms with Crippen LogP contribution < -0.4 is 0 Å². The monoisotopic (exact) mass is 232 g/mol. The molecule has 0 fully saturated rings. The number of ether oxygens (including phenoxy) is 1. The van der Waals surface area contributed by atoms with Crippen LogP contribution in [-0.2, 0) is 11.3 Å². The van der Waals surface area contributed by atoms with Crippen LogP contribution in [0.5, 0.6) is 0 Å². The summed E-state index contributed by atoms with van der Waals surface area (Å²) in [5.41, 5.74) is 1.51. The van der Waals surface area contributed by atoms with Crippen molar-refractivity contribution < 1.29 is 4.74 Å². The summed E-state index contributed by atoms with van der Waals surface area (Å²) in [4.78, 5) is 0. The molecule has 0 N–H and O–H groups in total. The van der Waals surface area contributed by atoms with Crippen molar-refractivity contribution in [2.24, 2.45) is 5.41 Å². The zero-order valence-corrected chi connectivity index (χ0v) is 11.1. The van der Waals surface area contributed by atoms with Crippen molar-refractivity contribution in [1.82, 2.24) is 0 Å². The molecule has 0 aliphatic rings. The molecule has 0 aromatic heterocycles. The third-order valence-electron chi connectivity index (χ3n) is 2.87. The fourth-order valence-electron chi connectivity index (χ4n) is 1.82. The van der Waals surface area contributed by atoms with Crippen LogP contribution in [0.3, 0.4) is 0 Å². The molecule has 0 radical (unpaired) electrons. The first-order valence-corrected chi connectivity index (χ1v) is 6.37. The van der Waals surface area contributed by atoms with Crippen LogP contribution in [0.1, 0.15) is 38.7 Å². The van der Waals surface area contributed by atoms with Crippen molar-refractivity contribution in [3.63, 3.8) is 0 Å². The molecule has 0 bridgehead atoms. The molecule has 0 spiro atoms. The fraction of sp³-hybridized carbons (Fsp3) is 0.500. The molecular weight excluding hydrogens is 208 g/mol. The highest BCUT2D eigenvalue weighted by Gasteiger charge is 2.17. The minimum absolute atomic E-state index is 0.262. The number of rotatable bonds is 8. The predicted molar refractivity (Wildman–Crippen MR) is 73.9 cm³/mol. The first kappa shape index (κ1) is 14.0. The van der Waals surface area contributed by atoms with Gasteiger partial charge in [-0.3, -0.25) is 0 Å². The molecule has 0 amide bonds. The van der Waals surface area contributed by atoms with Crippen molar-refractivity contribution >= 4 is 0 Å². The van der Waals surface area contributed by atoms with Crippen LogP contribution in [0.2, 0.25) is 0 Å². The standard InChI is InChI=1S/C16H24O/c1-4-5-9-12-16(2,3)14-17-13-15-10-7-6-8-11-15/h4,6-8,10-11H,1,5,9,12-14H2,2-3H3. The second kappa shape index (κ2) is 7.29. The van der Waals surface area contributed by atoms with Crippen molar-refractivity contribution in [3.05, 3.63) is 48.6 Å². The molecule has 1 aromatic carbocycles. The molecule has 0 aliphatic heterocycles. The molecule has 0 saturated carbocycles. The maximum absolute atomic E-state index is 5.79. The molecule has 0 unspecified atom stereocenters. The second-order valence-electron chi connectivity index (χ2n) is 5.32. The number of benzene rings is 1. The van der Waals surface area contributed by atoms with Crippen LogP contribution in [0, 0.1) is 5.41 Å². The summed E-state index contributed by atoms with van der Waals surface area (Å²) in [5.74, 6) is 0. The van der Waals surface area contributed by atoms with Gasteiger partial charge < -0.3 is 4.74 Å². The van der Waals surface area contributed by atoms with Crippen molar-refractivity contribution in [2.75, 3.05) is 6.61 Å². The van der Waals surface area contributed by atoms with E-state index in [0.717, 1.165) is 13.0 Å². The lowest BCUT2D eigenvalue weighted by atomic mass is 9.88. The summed E-state index contributed by atoms with van der Waals surface area (Å²) >= 11 is 0. The minimum Gasteiger partial charge on any atom is -0.376 e. The van der Waals surface area contributed by atoms with Gasteiger partial charge in [-0.05, 0) is 30.2 Å². The Balaban J connectivity index is 2.22. The predicted octanol–water partition coefficient (Wildman–Crippen LogP) is 4.59. The molecule has 0 aliphatic carbocycles. The third-order valence-corrected chi connectivity index (χ3v) is 2.87. The Labute approximate surface area is 106 Å². The zero-order chi connectivity index (χ0) is 12.6. The summed E-state index contributed by atoms with van der Waals surface area (Å²) in [5, 5.41) is 0. The fourth-order valence-corrected chi connectivity index (χ4v) is 1.82. The van der Waals surface area contributed by atoms with Crippen molar-refractivity contribution in [1.29, 1.82) is 0 Å². The van der Waals surface area contributed by atoms with E-state index in [1.165, 1.54) is 18.4 Å². The largest absolute Gasteiger partial charge is 0.376 e. The molecule has 1 aromatic rings. The Kier molecular flexibility index (Phi) is 5.99. The molecule has 1 heteroatoms. The molecule has 1 nitrogen and oxygen atoms in total. The molecule has 0 atom stereocenters. The van der Waals surface area contributed by atoms with Gasteiger partial charge in [0.1, 0.15) is 0 Å². The topological polar surface area (TPSA) is 9.23 Å². The van der Waals surface area contributed by atoms with Gasteiger partial charge in [0.2, 0.25) is 0 Å². The Morgan fingerprint density at radius 1 is 1.24 bits per heavy atom. The second-order valence-corrected chi connectivity index (χ2v) is 5.32. The van der Waals surface area contributed by atoms with E-state index in [-0.39, 0.29) is 5.41 Å². The average Bonchev–Trinajstić information content (AvgIpc) is 2.30. The normalized spacial score (nSPS) is 11.4. The molecule has 0 heterocycles. The number of hydrogen-bond acceptors (Lipinski definition) is 1. The molecule has 17 heavy (non-hydrogen) atoms. The smallest absolute Gasteiger partial charge is 0.0717 e. The van der Waals surface area contributed by atoms with Gasteiger partial charge in [0.05, 0.1) is 13.2 Å². The lowest BCUT2D eigenvalue weighted by Gasteiger charge is -2.24. The summed E-state index contributed by atoms with van der Waals surface area (Å²) in [7, 11) is 0. The van der Waals surface area contributed by atoms with E-state index in [4.69, 9.17) is 4.74 Å². The lowest BCUT2D eigenvalue weighted by Crippen LogP contribution is -2.19. The first-order valence-electron chi connectivity index (χ1n) is 6.37. The maximum atomic E-state index is 5.79. The number of allylic oxidation sites excluding steroid dienone is 1. The average molecular weight is 232 g/mol. The Morgan fingerprint density at radius 2 is 1.94 bits per heavy atom. The Hall–Kier alpha value is -1.08. The molecule has 0 saturated heterocycles. The van der Waals surface area contributed by atoms with E-state index in [9.17, 15) is 0 Å². The molecule has 94 valence electrons. The maximum Gasteiger partial charge on any atom is 0.0717 e. The van der Waals surface area contributed by atoms with Crippen molar-refractivity contribution in [3.8, 4) is 0 Å². The first-order chi connectivity index (χ1) is 8.14. The number of hydrogen-bond donors (Lipinski definition) is 0. The van der Waals surface area contributed by atoms with Gasteiger partial charge in [0.25, 0.3) is 0 Å².